The fourth-order valence-corrected chi connectivity index (χ4v) is 2.13. The van der Waals surface area contributed by atoms with Crippen LogP contribution in [-0.2, 0) is 14.3 Å². The molecule has 0 radical (unpaired) electrons. The van der Waals surface area contributed by atoms with Gasteiger partial charge in [-0.3, -0.25) is 4.79 Å². The largest absolute Gasteiger partial charge is 0.467 e. The Kier molecular flexibility index (Phi) is 4.39. The minimum absolute atomic E-state index is 0.177. The number of carbonyl (C=O) groups excluding carboxylic acids is 2. The first-order valence-corrected chi connectivity index (χ1v) is 6.24. The van der Waals surface area contributed by atoms with Gasteiger partial charge in [0.05, 0.1) is 30.8 Å². The van der Waals surface area contributed by atoms with Crippen molar-refractivity contribution in [1.29, 1.82) is 0 Å². The summed E-state index contributed by atoms with van der Waals surface area (Å²) in [6, 6.07) is 6.83. The highest BCUT2D eigenvalue weighted by Crippen LogP contribution is 2.18. The zero-order valence-electron chi connectivity index (χ0n) is 10.5. The van der Waals surface area contributed by atoms with Gasteiger partial charge in [-0.15, -0.1) is 0 Å². The van der Waals surface area contributed by atoms with Crippen LogP contribution in [0.1, 0.15) is 10.4 Å². The first kappa shape index (κ1) is 13.8. The van der Waals surface area contributed by atoms with E-state index in [0.717, 1.165) is 0 Å². The second-order valence-electron chi connectivity index (χ2n) is 4.11. The highest BCUT2D eigenvalue weighted by atomic mass is 35.5. The molecule has 0 aromatic heterocycles. The van der Waals surface area contributed by atoms with Gasteiger partial charge in [0.15, 0.2) is 6.10 Å². The number of carbonyl (C=O) groups is 2. The number of ether oxygens (including phenoxy) is 2. The summed E-state index contributed by atoms with van der Waals surface area (Å²) in [6.45, 7) is 0.907. The standard InChI is InChI=1S/C13H14ClNO4/c1-18-13(17)11-8-15(6-7-19-11)12(16)9-4-2-3-5-10(9)14/h2-5,11H,6-8H2,1H3. The summed E-state index contributed by atoms with van der Waals surface area (Å²) in [6.07, 6.45) is -0.731. The summed E-state index contributed by atoms with van der Waals surface area (Å²) in [5.41, 5.74) is 0.426. The Morgan fingerprint density at radius 2 is 2.16 bits per heavy atom. The Balaban J connectivity index is 2.11. The molecule has 0 bridgehead atoms. The van der Waals surface area contributed by atoms with Gasteiger partial charge in [-0.1, -0.05) is 23.7 Å². The van der Waals surface area contributed by atoms with Gasteiger partial charge in [0.1, 0.15) is 0 Å². The number of hydrogen-bond acceptors (Lipinski definition) is 4. The molecule has 6 heteroatoms. The Bertz CT molecular complexity index is 491. The van der Waals surface area contributed by atoms with Crippen LogP contribution in [0, 0.1) is 0 Å². The van der Waals surface area contributed by atoms with Gasteiger partial charge in [0, 0.05) is 6.54 Å². The number of benzene rings is 1. The van der Waals surface area contributed by atoms with E-state index in [1.807, 2.05) is 0 Å². The number of rotatable bonds is 2. The van der Waals surface area contributed by atoms with Crippen LogP contribution < -0.4 is 0 Å². The van der Waals surface area contributed by atoms with Gasteiger partial charge in [0.2, 0.25) is 0 Å². The van der Waals surface area contributed by atoms with E-state index in [1.165, 1.54) is 7.11 Å². The maximum atomic E-state index is 12.3. The average molecular weight is 284 g/mol. The van der Waals surface area contributed by atoms with E-state index < -0.39 is 12.1 Å². The van der Waals surface area contributed by atoms with Crippen molar-refractivity contribution in [3.8, 4) is 0 Å². The molecule has 1 aliphatic rings. The van der Waals surface area contributed by atoms with Crippen LogP contribution >= 0.6 is 11.6 Å². The lowest BCUT2D eigenvalue weighted by Gasteiger charge is -2.31. The van der Waals surface area contributed by atoms with E-state index in [9.17, 15) is 9.59 Å². The predicted molar refractivity (Wildman–Crippen MR) is 69.1 cm³/mol. The Hall–Kier alpha value is -1.59. The summed E-state index contributed by atoms with van der Waals surface area (Å²) in [7, 11) is 1.29. The lowest BCUT2D eigenvalue weighted by Crippen LogP contribution is -2.48. The van der Waals surface area contributed by atoms with Crippen LogP contribution in [0.25, 0.3) is 0 Å². The molecule has 0 saturated carbocycles. The zero-order valence-corrected chi connectivity index (χ0v) is 11.2. The molecule has 1 atom stereocenters. The van der Waals surface area contributed by atoms with Crippen molar-refractivity contribution in [3.63, 3.8) is 0 Å². The lowest BCUT2D eigenvalue weighted by molar-refractivity contribution is -0.158. The van der Waals surface area contributed by atoms with Gasteiger partial charge in [-0.05, 0) is 12.1 Å². The third kappa shape index (κ3) is 3.05. The molecule has 1 heterocycles. The minimum atomic E-state index is -0.731. The molecule has 1 aliphatic heterocycles. The normalized spacial score (nSPS) is 19.1. The monoisotopic (exact) mass is 283 g/mol. The summed E-state index contributed by atoms with van der Waals surface area (Å²) in [4.78, 5) is 25.3. The maximum Gasteiger partial charge on any atom is 0.336 e. The van der Waals surface area contributed by atoms with Crippen LogP contribution in [-0.4, -0.2) is 49.7 Å². The number of morpholine rings is 1. The molecule has 19 heavy (non-hydrogen) atoms. The number of methoxy groups -OCH3 is 1. The number of nitrogens with zero attached hydrogens (tertiary/aromatic N) is 1. The van der Waals surface area contributed by atoms with Crippen molar-refractivity contribution in [2.45, 2.75) is 6.10 Å². The summed E-state index contributed by atoms with van der Waals surface area (Å²) < 4.78 is 9.89. The predicted octanol–water partition coefficient (Wildman–Crippen LogP) is 1.35. The SMILES string of the molecule is COC(=O)C1CN(C(=O)c2ccccc2Cl)CCO1. The molecule has 0 aliphatic carbocycles. The van der Waals surface area contributed by atoms with Crippen molar-refractivity contribution >= 4 is 23.5 Å². The minimum Gasteiger partial charge on any atom is -0.467 e. The molecule has 1 aromatic carbocycles. The average Bonchev–Trinajstić information content (AvgIpc) is 2.46. The third-order valence-corrected chi connectivity index (χ3v) is 3.25. The van der Waals surface area contributed by atoms with Gasteiger partial charge < -0.3 is 14.4 Å². The van der Waals surface area contributed by atoms with Crippen molar-refractivity contribution < 1.29 is 19.1 Å². The molecule has 1 aromatic rings. The van der Waals surface area contributed by atoms with Gasteiger partial charge >= 0.3 is 5.97 Å². The smallest absolute Gasteiger partial charge is 0.336 e. The quantitative estimate of drug-likeness (QED) is 0.769. The molecule has 1 amide bonds. The second-order valence-corrected chi connectivity index (χ2v) is 4.52. The number of esters is 1. The van der Waals surface area contributed by atoms with Crippen molar-refractivity contribution in [2.75, 3.05) is 26.8 Å². The molecular formula is C13H14ClNO4. The van der Waals surface area contributed by atoms with E-state index in [1.54, 1.807) is 29.2 Å². The van der Waals surface area contributed by atoms with E-state index >= 15 is 0 Å². The number of halogens is 1. The molecule has 1 fully saturated rings. The molecule has 2 rings (SSSR count). The highest BCUT2D eigenvalue weighted by molar-refractivity contribution is 6.33. The van der Waals surface area contributed by atoms with E-state index in [2.05, 4.69) is 4.74 Å². The van der Waals surface area contributed by atoms with Gasteiger partial charge in [-0.25, -0.2) is 4.79 Å². The first-order chi connectivity index (χ1) is 9.13. The Labute approximate surface area is 116 Å². The summed E-state index contributed by atoms with van der Waals surface area (Å²) in [5, 5.41) is 0.397. The van der Waals surface area contributed by atoms with E-state index in [-0.39, 0.29) is 12.5 Å². The van der Waals surface area contributed by atoms with Crippen molar-refractivity contribution in [2.24, 2.45) is 0 Å². The highest BCUT2D eigenvalue weighted by Gasteiger charge is 2.30. The number of amides is 1. The second kappa shape index (κ2) is 6.04. The first-order valence-electron chi connectivity index (χ1n) is 5.86. The van der Waals surface area contributed by atoms with Gasteiger partial charge in [0.25, 0.3) is 5.91 Å². The van der Waals surface area contributed by atoms with E-state index in [4.69, 9.17) is 16.3 Å². The molecule has 102 valence electrons. The summed E-state index contributed by atoms with van der Waals surface area (Å²) >= 11 is 5.99. The van der Waals surface area contributed by atoms with Crippen molar-refractivity contribution in [3.05, 3.63) is 34.9 Å². The van der Waals surface area contributed by atoms with Crippen LogP contribution in [0.4, 0.5) is 0 Å². The Morgan fingerprint density at radius 1 is 1.42 bits per heavy atom. The molecule has 1 saturated heterocycles. The van der Waals surface area contributed by atoms with Crippen LogP contribution in [0.3, 0.4) is 0 Å². The van der Waals surface area contributed by atoms with Crippen LogP contribution in [0.15, 0.2) is 24.3 Å². The number of hydrogen-bond donors (Lipinski definition) is 0. The van der Waals surface area contributed by atoms with Crippen LogP contribution in [0.5, 0.6) is 0 Å². The lowest BCUT2D eigenvalue weighted by atomic mass is 10.1. The zero-order chi connectivity index (χ0) is 13.8. The molecule has 0 spiro atoms. The van der Waals surface area contributed by atoms with Gasteiger partial charge in [-0.2, -0.15) is 0 Å². The topological polar surface area (TPSA) is 55.8 Å². The molecular weight excluding hydrogens is 270 g/mol. The van der Waals surface area contributed by atoms with Crippen LogP contribution in [0.2, 0.25) is 5.02 Å². The van der Waals surface area contributed by atoms with Crippen molar-refractivity contribution in [1.82, 2.24) is 4.90 Å². The molecule has 0 N–H and O–H groups in total. The fourth-order valence-electron chi connectivity index (χ4n) is 1.91. The van der Waals surface area contributed by atoms with E-state index in [0.29, 0.717) is 23.7 Å². The Morgan fingerprint density at radius 3 is 2.84 bits per heavy atom. The fraction of sp³-hybridized carbons (Fsp3) is 0.385. The molecule has 5 nitrogen and oxygen atoms in total. The molecule has 1 unspecified atom stereocenters. The maximum absolute atomic E-state index is 12.3. The third-order valence-electron chi connectivity index (χ3n) is 2.92. The summed E-state index contributed by atoms with van der Waals surface area (Å²) in [5.74, 6) is -0.681.